The predicted octanol–water partition coefficient (Wildman–Crippen LogP) is 5.08. The van der Waals surface area contributed by atoms with E-state index in [0.29, 0.717) is 0 Å². The molecule has 0 bridgehead atoms. The maximum atomic E-state index is 5.76. The number of hydrogen-bond acceptors (Lipinski definition) is 1. The third kappa shape index (κ3) is 11.1. The van der Waals surface area contributed by atoms with Crippen molar-refractivity contribution < 1.29 is 0 Å². The first-order valence-corrected chi connectivity index (χ1v) is 7.98. The zero-order chi connectivity index (χ0) is 12.9. The van der Waals surface area contributed by atoms with Gasteiger partial charge in [-0.3, -0.25) is 0 Å². The highest BCUT2D eigenvalue weighted by atomic mass is 35.5. The zero-order valence-corrected chi connectivity index (χ0v) is 12.9. The van der Waals surface area contributed by atoms with E-state index in [1.807, 2.05) is 0 Å². The SMILES string of the molecule is CCCCCCCCCC(CCCCl)N(C)C. The summed E-state index contributed by atoms with van der Waals surface area (Å²) < 4.78 is 0. The van der Waals surface area contributed by atoms with E-state index in [9.17, 15) is 0 Å². The van der Waals surface area contributed by atoms with Crippen LogP contribution in [0.25, 0.3) is 0 Å². The van der Waals surface area contributed by atoms with Crippen LogP contribution in [0.15, 0.2) is 0 Å². The Hall–Kier alpha value is 0.250. The van der Waals surface area contributed by atoms with Gasteiger partial charge in [0.25, 0.3) is 0 Å². The number of rotatable bonds is 12. The van der Waals surface area contributed by atoms with Crippen molar-refractivity contribution in [3.63, 3.8) is 0 Å². The van der Waals surface area contributed by atoms with Gasteiger partial charge in [0, 0.05) is 11.9 Å². The van der Waals surface area contributed by atoms with Gasteiger partial charge < -0.3 is 4.90 Å². The fraction of sp³-hybridized carbons (Fsp3) is 1.00. The molecule has 0 aromatic rings. The Morgan fingerprint density at radius 2 is 1.35 bits per heavy atom. The van der Waals surface area contributed by atoms with Crippen molar-refractivity contribution in [1.82, 2.24) is 4.90 Å². The van der Waals surface area contributed by atoms with Crippen molar-refractivity contribution in [1.29, 1.82) is 0 Å². The summed E-state index contributed by atoms with van der Waals surface area (Å²) in [6, 6.07) is 0.740. The van der Waals surface area contributed by atoms with E-state index < -0.39 is 0 Å². The van der Waals surface area contributed by atoms with Crippen LogP contribution in [0.3, 0.4) is 0 Å². The predicted molar refractivity (Wildman–Crippen MR) is 80.0 cm³/mol. The lowest BCUT2D eigenvalue weighted by Gasteiger charge is -2.24. The molecule has 0 fully saturated rings. The highest BCUT2D eigenvalue weighted by Crippen LogP contribution is 2.15. The summed E-state index contributed by atoms with van der Waals surface area (Å²) in [4.78, 5) is 2.36. The molecule has 0 aliphatic carbocycles. The molecule has 0 spiro atoms. The van der Waals surface area contributed by atoms with Crippen LogP contribution in [0.1, 0.15) is 71.1 Å². The lowest BCUT2D eigenvalue weighted by Crippen LogP contribution is -2.27. The summed E-state index contributed by atoms with van der Waals surface area (Å²) in [6.45, 7) is 2.28. The quantitative estimate of drug-likeness (QED) is 0.350. The van der Waals surface area contributed by atoms with Crippen molar-refractivity contribution in [2.75, 3.05) is 20.0 Å². The van der Waals surface area contributed by atoms with Crippen molar-refractivity contribution in [2.45, 2.75) is 77.2 Å². The van der Waals surface area contributed by atoms with E-state index in [2.05, 4.69) is 25.9 Å². The lowest BCUT2D eigenvalue weighted by molar-refractivity contribution is 0.256. The summed E-state index contributed by atoms with van der Waals surface area (Å²) in [5, 5.41) is 0. The van der Waals surface area contributed by atoms with Crippen LogP contribution in [0.4, 0.5) is 0 Å². The Balaban J connectivity index is 3.41. The molecule has 2 heteroatoms. The molecule has 1 atom stereocenters. The first-order chi connectivity index (χ1) is 8.22. The van der Waals surface area contributed by atoms with Crippen LogP contribution in [0.2, 0.25) is 0 Å². The number of hydrogen-bond donors (Lipinski definition) is 0. The van der Waals surface area contributed by atoms with Crippen LogP contribution in [-0.2, 0) is 0 Å². The van der Waals surface area contributed by atoms with Gasteiger partial charge in [-0.15, -0.1) is 11.6 Å². The van der Waals surface area contributed by atoms with Gasteiger partial charge >= 0.3 is 0 Å². The van der Waals surface area contributed by atoms with Crippen LogP contribution in [0, 0.1) is 0 Å². The standard InChI is InChI=1S/C15H32ClN/c1-4-5-6-7-8-9-10-12-15(17(2)3)13-11-14-16/h15H,4-14H2,1-3H3. The van der Waals surface area contributed by atoms with Crippen molar-refractivity contribution in [2.24, 2.45) is 0 Å². The third-order valence-corrected chi connectivity index (χ3v) is 3.81. The largest absolute Gasteiger partial charge is 0.306 e. The molecule has 0 rings (SSSR count). The monoisotopic (exact) mass is 261 g/mol. The Morgan fingerprint density at radius 3 is 1.88 bits per heavy atom. The lowest BCUT2D eigenvalue weighted by atomic mass is 10.0. The van der Waals surface area contributed by atoms with Gasteiger partial charge in [-0.1, -0.05) is 51.9 Å². The van der Waals surface area contributed by atoms with E-state index in [4.69, 9.17) is 11.6 Å². The number of nitrogens with zero attached hydrogens (tertiary/aromatic N) is 1. The average Bonchev–Trinajstić information content (AvgIpc) is 2.31. The summed E-state index contributed by atoms with van der Waals surface area (Å²) in [7, 11) is 4.39. The maximum Gasteiger partial charge on any atom is 0.0224 e. The summed E-state index contributed by atoms with van der Waals surface area (Å²) in [6.07, 6.45) is 13.6. The molecule has 1 nitrogen and oxygen atoms in total. The van der Waals surface area contributed by atoms with Gasteiger partial charge in [0.2, 0.25) is 0 Å². The molecule has 0 radical (unpaired) electrons. The van der Waals surface area contributed by atoms with Crippen molar-refractivity contribution in [3.8, 4) is 0 Å². The second-order valence-corrected chi connectivity index (χ2v) is 5.74. The fourth-order valence-electron chi connectivity index (χ4n) is 2.31. The Morgan fingerprint density at radius 1 is 0.824 bits per heavy atom. The normalized spacial score (nSPS) is 13.2. The molecule has 0 amide bonds. The van der Waals surface area contributed by atoms with Crippen molar-refractivity contribution >= 4 is 11.6 Å². The van der Waals surface area contributed by atoms with E-state index in [0.717, 1.165) is 18.3 Å². The molecule has 0 saturated heterocycles. The molecule has 0 aromatic carbocycles. The average molecular weight is 262 g/mol. The molecular formula is C15H32ClN. The van der Waals surface area contributed by atoms with E-state index >= 15 is 0 Å². The highest BCUT2D eigenvalue weighted by Gasteiger charge is 2.09. The van der Waals surface area contributed by atoms with Gasteiger partial charge in [0.1, 0.15) is 0 Å². The molecule has 0 heterocycles. The van der Waals surface area contributed by atoms with Crippen LogP contribution in [0.5, 0.6) is 0 Å². The first-order valence-electron chi connectivity index (χ1n) is 7.44. The fourth-order valence-corrected chi connectivity index (χ4v) is 2.46. The van der Waals surface area contributed by atoms with Crippen molar-refractivity contribution in [3.05, 3.63) is 0 Å². The van der Waals surface area contributed by atoms with Gasteiger partial charge in [-0.2, -0.15) is 0 Å². The van der Waals surface area contributed by atoms with Crippen LogP contribution >= 0.6 is 11.6 Å². The summed E-state index contributed by atoms with van der Waals surface area (Å²) in [5.41, 5.74) is 0. The summed E-state index contributed by atoms with van der Waals surface area (Å²) >= 11 is 5.76. The molecule has 1 unspecified atom stereocenters. The number of alkyl halides is 1. The Labute approximate surface area is 114 Å². The Bertz CT molecular complexity index is 148. The number of unbranched alkanes of at least 4 members (excludes halogenated alkanes) is 6. The molecule has 0 N–H and O–H groups in total. The molecular weight excluding hydrogens is 230 g/mol. The zero-order valence-electron chi connectivity index (χ0n) is 12.2. The maximum absolute atomic E-state index is 5.76. The van der Waals surface area contributed by atoms with E-state index in [-0.39, 0.29) is 0 Å². The van der Waals surface area contributed by atoms with Gasteiger partial charge in [0.05, 0.1) is 0 Å². The van der Waals surface area contributed by atoms with Gasteiger partial charge in [0.15, 0.2) is 0 Å². The first kappa shape index (κ1) is 17.2. The molecule has 0 saturated carbocycles. The molecule has 0 aromatic heterocycles. The van der Waals surface area contributed by atoms with Crippen LogP contribution < -0.4 is 0 Å². The number of halogens is 1. The second-order valence-electron chi connectivity index (χ2n) is 5.36. The smallest absolute Gasteiger partial charge is 0.0224 e. The van der Waals surface area contributed by atoms with Crippen LogP contribution in [-0.4, -0.2) is 30.9 Å². The van der Waals surface area contributed by atoms with E-state index in [1.165, 1.54) is 57.8 Å². The highest BCUT2D eigenvalue weighted by molar-refractivity contribution is 6.17. The molecule has 17 heavy (non-hydrogen) atoms. The third-order valence-electron chi connectivity index (χ3n) is 3.54. The minimum absolute atomic E-state index is 0.740. The van der Waals surface area contributed by atoms with E-state index in [1.54, 1.807) is 0 Å². The minimum Gasteiger partial charge on any atom is -0.306 e. The molecule has 0 aliphatic rings. The van der Waals surface area contributed by atoms with Gasteiger partial charge in [-0.05, 0) is 33.4 Å². The van der Waals surface area contributed by atoms with Gasteiger partial charge in [-0.25, -0.2) is 0 Å². The topological polar surface area (TPSA) is 3.24 Å². The minimum atomic E-state index is 0.740. The Kier molecular flexibility index (Phi) is 12.9. The summed E-state index contributed by atoms with van der Waals surface area (Å²) in [5.74, 6) is 0.807. The molecule has 104 valence electrons. The molecule has 0 aliphatic heterocycles. The second kappa shape index (κ2) is 12.7.